The minimum atomic E-state index is 0.493. The predicted molar refractivity (Wildman–Crippen MR) is 60.4 cm³/mol. The van der Waals surface area contributed by atoms with E-state index in [0.717, 1.165) is 16.8 Å². The maximum atomic E-state index is 5.74. The fourth-order valence-corrected chi connectivity index (χ4v) is 2.72. The number of rotatable bonds is 2. The number of hydrogen-bond acceptors (Lipinski definition) is 5. The molecule has 14 heavy (non-hydrogen) atoms. The monoisotopic (exact) mass is 210 g/mol. The van der Waals surface area contributed by atoms with E-state index in [0.29, 0.717) is 11.7 Å². The second-order valence-electron chi connectivity index (χ2n) is 3.55. The molecule has 0 amide bonds. The van der Waals surface area contributed by atoms with Crippen molar-refractivity contribution in [3.05, 3.63) is 12.5 Å². The first kappa shape index (κ1) is 9.58. The molecule has 2 unspecified atom stereocenters. The van der Waals surface area contributed by atoms with Crippen molar-refractivity contribution in [1.29, 1.82) is 0 Å². The van der Waals surface area contributed by atoms with Gasteiger partial charge in [0.1, 0.15) is 6.33 Å². The zero-order valence-corrected chi connectivity index (χ0v) is 8.92. The van der Waals surface area contributed by atoms with Crippen LogP contribution in [0.25, 0.3) is 0 Å². The van der Waals surface area contributed by atoms with E-state index in [1.165, 1.54) is 12.7 Å². The molecule has 0 spiro atoms. The zero-order chi connectivity index (χ0) is 9.97. The Morgan fingerprint density at radius 2 is 2.50 bits per heavy atom. The van der Waals surface area contributed by atoms with Crippen molar-refractivity contribution in [2.24, 2.45) is 0 Å². The average Bonchev–Trinajstić information content (AvgIpc) is 2.56. The standard InChI is InChI=1S/C9H14N4S/c1-6-2-7(4-14-6)13-9-8(10)3-11-5-12-9/h3,5-7H,2,4,10H2,1H3,(H,11,12,13). The van der Waals surface area contributed by atoms with Gasteiger partial charge in [-0.2, -0.15) is 11.8 Å². The molecule has 1 aromatic heterocycles. The van der Waals surface area contributed by atoms with Crippen LogP contribution in [-0.2, 0) is 0 Å². The van der Waals surface area contributed by atoms with Crippen molar-refractivity contribution in [2.45, 2.75) is 24.6 Å². The average molecular weight is 210 g/mol. The van der Waals surface area contributed by atoms with Crippen molar-refractivity contribution in [3.63, 3.8) is 0 Å². The maximum absolute atomic E-state index is 5.74. The third kappa shape index (κ3) is 2.09. The first-order valence-corrected chi connectivity index (χ1v) is 5.74. The van der Waals surface area contributed by atoms with Gasteiger partial charge in [0.25, 0.3) is 0 Å². The van der Waals surface area contributed by atoms with Gasteiger partial charge in [-0.3, -0.25) is 0 Å². The van der Waals surface area contributed by atoms with Crippen LogP contribution in [0.1, 0.15) is 13.3 Å². The Labute approximate surface area is 87.7 Å². The Balaban J connectivity index is 2.01. The molecule has 0 aromatic carbocycles. The highest BCUT2D eigenvalue weighted by molar-refractivity contribution is 8.00. The van der Waals surface area contributed by atoms with Crippen LogP contribution < -0.4 is 11.1 Å². The van der Waals surface area contributed by atoms with Gasteiger partial charge in [-0.15, -0.1) is 0 Å². The zero-order valence-electron chi connectivity index (χ0n) is 8.10. The number of aromatic nitrogens is 2. The van der Waals surface area contributed by atoms with E-state index >= 15 is 0 Å². The summed E-state index contributed by atoms with van der Waals surface area (Å²) in [5.74, 6) is 1.89. The Hall–Kier alpha value is -0.970. The molecular formula is C9H14N4S. The summed E-state index contributed by atoms with van der Waals surface area (Å²) in [6.07, 6.45) is 4.32. The number of hydrogen-bond donors (Lipinski definition) is 2. The SMILES string of the molecule is CC1CC(Nc2ncncc2N)CS1. The molecule has 1 saturated heterocycles. The fourth-order valence-electron chi connectivity index (χ4n) is 1.57. The number of anilines is 2. The second-order valence-corrected chi connectivity index (χ2v) is 5.02. The minimum Gasteiger partial charge on any atom is -0.394 e. The van der Waals surface area contributed by atoms with E-state index in [1.54, 1.807) is 6.20 Å². The lowest BCUT2D eigenvalue weighted by Crippen LogP contribution is -2.20. The quantitative estimate of drug-likeness (QED) is 0.771. The Bertz CT molecular complexity index is 317. The highest BCUT2D eigenvalue weighted by Gasteiger charge is 2.22. The number of nitrogen functional groups attached to an aromatic ring is 1. The van der Waals surface area contributed by atoms with Crippen LogP contribution in [0.4, 0.5) is 11.5 Å². The minimum absolute atomic E-state index is 0.493. The topological polar surface area (TPSA) is 63.8 Å². The van der Waals surface area contributed by atoms with Gasteiger partial charge in [0.15, 0.2) is 5.82 Å². The third-order valence-corrected chi connectivity index (χ3v) is 3.64. The molecule has 4 nitrogen and oxygen atoms in total. The van der Waals surface area contributed by atoms with Crippen LogP contribution in [0.3, 0.4) is 0 Å². The van der Waals surface area contributed by atoms with Gasteiger partial charge < -0.3 is 11.1 Å². The Morgan fingerprint density at radius 3 is 3.14 bits per heavy atom. The molecule has 1 aliphatic rings. The van der Waals surface area contributed by atoms with Crippen molar-refractivity contribution >= 4 is 23.3 Å². The van der Waals surface area contributed by atoms with Crippen LogP contribution >= 0.6 is 11.8 Å². The Morgan fingerprint density at radius 1 is 1.64 bits per heavy atom. The summed E-state index contributed by atoms with van der Waals surface area (Å²) in [5.41, 5.74) is 6.36. The largest absolute Gasteiger partial charge is 0.394 e. The second kappa shape index (κ2) is 4.04. The number of thioether (sulfide) groups is 1. The van der Waals surface area contributed by atoms with Gasteiger partial charge in [0.2, 0.25) is 0 Å². The lowest BCUT2D eigenvalue weighted by Gasteiger charge is -2.13. The fraction of sp³-hybridized carbons (Fsp3) is 0.556. The van der Waals surface area contributed by atoms with Crippen molar-refractivity contribution in [1.82, 2.24) is 9.97 Å². The summed E-state index contributed by atoms with van der Waals surface area (Å²) in [4.78, 5) is 7.96. The van der Waals surface area contributed by atoms with Crippen LogP contribution in [-0.4, -0.2) is 27.0 Å². The molecule has 0 radical (unpaired) electrons. The summed E-state index contributed by atoms with van der Waals surface area (Å²) in [6, 6.07) is 0.493. The van der Waals surface area contributed by atoms with Crippen LogP contribution in [0.5, 0.6) is 0 Å². The molecule has 1 aromatic rings. The summed E-state index contributed by atoms with van der Waals surface area (Å²) >= 11 is 1.98. The molecule has 2 atom stereocenters. The van der Waals surface area contributed by atoms with Gasteiger partial charge in [-0.05, 0) is 6.42 Å². The molecular weight excluding hydrogens is 196 g/mol. The first-order valence-electron chi connectivity index (χ1n) is 4.69. The number of nitrogens with zero attached hydrogens (tertiary/aromatic N) is 2. The molecule has 1 aliphatic heterocycles. The molecule has 0 saturated carbocycles. The summed E-state index contributed by atoms with van der Waals surface area (Å²) in [7, 11) is 0. The molecule has 2 rings (SSSR count). The van der Waals surface area contributed by atoms with E-state index in [2.05, 4.69) is 22.2 Å². The first-order chi connectivity index (χ1) is 6.75. The molecule has 2 heterocycles. The smallest absolute Gasteiger partial charge is 0.152 e. The summed E-state index contributed by atoms with van der Waals surface area (Å²) < 4.78 is 0. The lowest BCUT2D eigenvalue weighted by atomic mass is 10.2. The molecule has 76 valence electrons. The van der Waals surface area contributed by atoms with E-state index in [9.17, 15) is 0 Å². The molecule has 0 bridgehead atoms. The molecule has 3 N–H and O–H groups in total. The van der Waals surface area contributed by atoms with E-state index in [1.807, 2.05) is 11.8 Å². The van der Waals surface area contributed by atoms with Gasteiger partial charge in [-0.25, -0.2) is 9.97 Å². The van der Waals surface area contributed by atoms with Crippen LogP contribution in [0.2, 0.25) is 0 Å². The summed E-state index contributed by atoms with van der Waals surface area (Å²) in [5, 5.41) is 4.07. The van der Waals surface area contributed by atoms with Gasteiger partial charge in [0, 0.05) is 17.0 Å². The normalized spacial score (nSPS) is 26.4. The maximum Gasteiger partial charge on any atom is 0.152 e. The lowest BCUT2D eigenvalue weighted by molar-refractivity contribution is 0.743. The van der Waals surface area contributed by atoms with Gasteiger partial charge >= 0.3 is 0 Å². The molecule has 1 fully saturated rings. The van der Waals surface area contributed by atoms with E-state index in [-0.39, 0.29) is 0 Å². The molecule has 5 heteroatoms. The van der Waals surface area contributed by atoms with Crippen molar-refractivity contribution < 1.29 is 0 Å². The van der Waals surface area contributed by atoms with Gasteiger partial charge in [-0.1, -0.05) is 6.92 Å². The van der Waals surface area contributed by atoms with E-state index < -0.39 is 0 Å². The highest BCUT2D eigenvalue weighted by Crippen LogP contribution is 2.28. The highest BCUT2D eigenvalue weighted by atomic mass is 32.2. The van der Waals surface area contributed by atoms with Crippen LogP contribution in [0, 0.1) is 0 Å². The number of nitrogens with one attached hydrogen (secondary N) is 1. The van der Waals surface area contributed by atoms with Crippen molar-refractivity contribution in [2.75, 3.05) is 16.8 Å². The van der Waals surface area contributed by atoms with Crippen molar-refractivity contribution in [3.8, 4) is 0 Å². The summed E-state index contributed by atoms with van der Waals surface area (Å²) in [6.45, 7) is 2.25. The van der Waals surface area contributed by atoms with E-state index in [4.69, 9.17) is 5.73 Å². The van der Waals surface area contributed by atoms with Gasteiger partial charge in [0.05, 0.1) is 11.9 Å². The van der Waals surface area contributed by atoms with Crippen LogP contribution in [0.15, 0.2) is 12.5 Å². The Kier molecular flexibility index (Phi) is 2.77. The number of nitrogens with two attached hydrogens (primary N) is 1. The predicted octanol–water partition coefficient (Wildman–Crippen LogP) is 1.36. The third-order valence-electron chi connectivity index (χ3n) is 2.28. The molecule has 0 aliphatic carbocycles.